The number of rotatable bonds is 7. The maximum Gasteiger partial charge on any atom is 0.336 e. The molecule has 0 aliphatic rings. The van der Waals surface area contributed by atoms with Crippen LogP contribution in [-0.4, -0.2) is 22.6 Å². The number of fused-ring (bicyclic) bond motifs is 1. The van der Waals surface area contributed by atoms with Crippen LogP contribution < -0.4 is 10.5 Å². The van der Waals surface area contributed by atoms with E-state index < -0.39 is 5.97 Å². The first-order valence-corrected chi connectivity index (χ1v) is 8.41. The standard InChI is InChI=1S/C20H22N2O3/c1-2-13-4-3-5-16(20(23)24)18(13)12-25-15-6-7-19-17(10-15)14(8-9-21)11-22-19/h3-7,10-11,22H,2,8-9,12,21H2,1H3,(H,23,24). The van der Waals surface area contributed by atoms with Gasteiger partial charge in [-0.3, -0.25) is 0 Å². The van der Waals surface area contributed by atoms with E-state index in [0.717, 1.165) is 40.4 Å². The minimum atomic E-state index is -0.930. The van der Waals surface area contributed by atoms with E-state index in [1.807, 2.05) is 37.4 Å². The molecule has 130 valence electrons. The maximum atomic E-state index is 11.5. The van der Waals surface area contributed by atoms with Gasteiger partial charge in [-0.15, -0.1) is 0 Å². The van der Waals surface area contributed by atoms with Crippen LogP contribution in [0.4, 0.5) is 0 Å². The lowest BCUT2D eigenvalue weighted by molar-refractivity contribution is 0.0693. The molecule has 0 spiro atoms. The second-order valence-corrected chi connectivity index (χ2v) is 5.95. The molecule has 4 N–H and O–H groups in total. The molecule has 0 atom stereocenters. The first kappa shape index (κ1) is 17.0. The van der Waals surface area contributed by atoms with E-state index in [1.165, 1.54) is 0 Å². The number of hydrogen-bond donors (Lipinski definition) is 3. The summed E-state index contributed by atoms with van der Waals surface area (Å²) in [6.45, 7) is 2.83. The van der Waals surface area contributed by atoms with Gasteiger partial charge in [0.25, 0.3) is 0 Å². The van der Waals surface area contributed by atoms with Crippen LogP contribution in [0.25, 0.3) is 10.9 Å². The summed E-state index contributed by atoms with van der Waals surface area (Å²) in [5.74, 6) is -0.215. The lowest BCUT2D eigenvalue weighted by Gasteiger charge is -2.13. The number of carboxylic acids is 1. The summed E-state index contributed by atoms with van der Waals surface area (Å²) in [5.41, 5.74) is 9.87. The molecule has 0 unspecified atom stereocenters. The van der Waals surface area contributed by atoms with Crippen LogP contribution in [0.3, 0.4) is 0 Å². The Bertz CT molecular complexity index is 899. The van der Waals surface area contributed by atoms with Crippen LogP contribution in [0.5, 0.6) is 5.75 Å². The van der Waals surface area contributed by atoms with Gasteiger partial charge in [-0.2, -0.15) is 0 Å². The highest BCUT2D eigenvalue weighted by Gasteiger charge is 2.14. The zero-order chi connectivity index (χ0) is 17.8. The quantitative estimate of drug-likeness (QED) is 0.615. The van der Waals surface area contributed by atoms with Crippen molar-refractivity contribution in [3.05, 3.63) is 64.8 Å². The summed E-state index contributed by atoms with van der Waals surface area (Å²) >= 11 is 0. The molecule has 3 rings (SSSR count). The fraction of sp³-hybridized carbons (Fsp3) is 0.250. The van der Waals surface area contributed by atoms with Crippen molar-refractivity contribution in [3.63, 3.8) is 0 Å². The number of aromatic carboxylic acids is 1. The normalized spacial score (nSPS) is 11.0. The molecule has 0 radical (unpaired) electrons. The van der Waals surface area contributed by atoms with E-state index in [2.05, 4.69) is 4.98 Å². The average molecular weight is 338 g/mol. The van der Waals surface area contributed by atoms with E-state index in [1.54, 1.807) is 12.1 Å². The van der Waals surface area contributed by atoms with Crippen LogP contribution in [0.1, 0.15) is 34.0 Å². The molecule has 5 nitrogen and oxygen atoms in total. The second-order valence-electron chi connectivity index (χ2n) is 5.95. The lowest BCUT2D eigenvalue weighted by atomic mass is 10.00. The molecule has 25 heavy (non-hydrogen) atoms. The monoisotopic (exact) mass is 338 g/mol. The predicted octanol–water partition coefficient (Wildman–Crippen LogP) is 3.51. The Kier molecular flexibility index (Phi) is 5.05. The van der Waals surface area contributed by atoms with Gasteiger partial charge in [-0.05, 0) is 54.8 Å². The Morgan fingerprint density at radius 1 is 1.24 bits per heavy atom. The van der Waals surface area contributed by atoms with E-state index >= 15 is 0 Å². The number of H-pyrrole nitrogens is 1. The van der Waals surface area contributed by atoms with Gasteiger partial charge >= 0.3 is 5.97 Å². The summed E-state index contributed by atoms with van der Waals surface area (Å²) in [7, 11) is 0. The van der Waals surface area contributed by atoms with Crippen LogP contribution in [0.15, 0.2) is 42.6 Å². The van der Waals surface area contributed by atoms with E-state index in [4.69, 9.17) is 10.5 Å². The van der Waals surface area contributed by atoms with Crippen molar-refractivity contribution >= 4 is 16.9 Å². The van der Waals surface area contributed by atoms with E-state index in [0.29, 0.717) is 17.9 Å². The number of benzene rings is 2. The molecule has 2 aromatic carbocycles. The number of hydrogen-bond acceptors (Lipinski definition) is 3. The summed E-state index contributed by atoms with van der Waals surface area (Å²) in [6.07, 6.45) is 3.53. The average Bonchev–Trinajstić information content (AvgIpc) is 3.02. The first-order valence-electron chi connectivity index (χ1n) is 8.41. The van der Waals surface area contributed by atoms with Crippen molar-refractivity contribution < 1.29 is 14.6 Å². The summed E-state index contributed by atoms with van der Waals surface area (Å²) < 4.78 is 5.93. The van der Waals surface area contributed by atoms with Crippen molar-refractivity contribution in [1.29, 1.82) is 0 Å². The van der Waals surface area contributed by atoms with Crippen LogP contribution in [-0.2, 0) is 19.4 Å². The highest BCUT2D eigenvalue weighted by Crippen LogP contribution is 2.25. The smallest absolute Gasteiger partial charge is 0.336 e. The van der Waals surface area contributed by atoms with Gasteiger partial charge < -0.3 is 20.6 Å². The van der Waals surface area contributed by atoms with Crippen molar-refractivity contribution in [2.45, 2.75) is 26.4 Å². The van der Waals surface area contributed by atoms with E-state index in [9.17, 15) is 9.90 Å². The highest BCUT2D eigenvalue weighted by atomic mass is 16.5. The number of carbonyl (C=O) groups is 1. The molecular weight excluding hydrogens is 316 g/mol. The third-order valence-electron chi connectivity index (χ3n) is 4.42. The number of aromatic amines is 1. The lowest BCUT2D eigenvalue weighted by Crippen LogP contribution is -2.08. The number of carboxylic acid groups (broad SMARTS) is 1. The largest absolute Gasteiger partial charge is 0.489 e. The second kappa shape index (κ2) is 7.40. The molecule has 3 aromatic rings. The molecule has 0 amide bonds. The number of nitrogens with one attached hydrogen (secondary N) is 1. The fourth-order valence-corrected chi connectivity index (χ4v) is 3.10. The van der Waals surface area contributed by atoms with Gasteiger partial charge in [0, 0.05) is 22.7 Å². The first-order chi connectivity index (χ1) is 12.1. The van der Waals surface area contributed by atoms with Gasteiger partial charge in [-0.1, -0.05) is 19.1 Å². The molecule has 1 aromatic heterocycles. The number of nitrogens with two attached hydrogens (primary N) is 1. The SMILES string of the molecule is CCc1cccc(C(=O)O)c1COc1ccc2[nH]cc(CCN)c2c1. The van der Waals surface area contributed by atoms with Crippen molar-refractivity contribution in [3.8, 4) is 5.75 Å². The van der Waals surface area contributed by atoms with Crippen molar-refractivity contribution in [2.24, 2.45) is 5.73 Å². The maximum absolute atomic E-state index is 11.5. The Labute approximate surface area is 146 Å². The van der Waals surface area contributed by atoms with Crippen LogP contribution in [0.2, 0.25) is 0 Å². The molecule has 0 aliphatic heterocycles. The van der Waals surface area contributed by atoms with Crippen LogP contribution in [0, 0.1) is 0 Å². The van der Waals surface area contributed by atoms with Gasteiger partial charge in [-0.25, -0.2) is 4.79 Å². The van der Waals surface area contributed by atoms with Gasteiger partial charge in [0.2, 0.25) is 0 Å². The van der Waals surface area contributed by atoms with Gasteiger partial charge in [0.05, 0.1) is 5.56 Å². The summed E-state index contributed by atoms with van der Waals surface area (Å²) in [5, 5.41) is 10.5. The number of ether oxygens (including phenoxy) is 1. The van der Waals surface area contributed by atoms with E-state index in [-0.39, 0.29) is 6.61 Å². The molecular formula is C20H22N2O3. The summed E-state index contributed by atoms with van der Waals surface area (Å²) in [6, 6.07) is 11.2. The molecule has 0 bridgehead atoms. The zero-order valence-corrected chi connectivity index (χ0v) is 14.2. The molecule has 0 saturated heterocycles. The van der Waals surface area contributed by atoms with Gasteiger partial charge in [0.15, 0.2) is 0 Å². The summed E-state index contributed by atoms with van der Waals surface area (Å²) in [4.78, 5) is 14.7. The third kappa shape index (κ3) is 3.51. The number of aromatic nitrogens is 1. The number of aryl methyl sites for hydroxylation is 1. The Hall–Kier alpha value is -2.79. The highest BCUT2D eigenvalue weighted by molar-refractivity contribution is 5.89. The minimum Gasteiger partial charge on any atom is -0.489 e. The van der Waals surface area contributed by atoms with Crippen molar-refractivity contribution in [1.82, 2.24) is 4.98 Å². The molecule has 5 heteroatoms. The third-order valence-corrected chi connectivity index (χ3v) is 4.42. The zero-order valence-electron chi connectivity index (χ0n) is 14.2. The van der Waals surface area contributed by atoms with Crippen LogP contribution >= 0.6 is 0 Å². The topological polar surface area (TPSA) is 88.3 Å². The fourth-order valence-electron chi connectivity index (χ4n) is 3.10. The van der Waals surface area contributed by atoms with Crippen molar-refractivity contribution in [2.75, 3.05) is 6.54 Å². The predicted molar refractivity (Wildman–Crippen MR) is 98.2 cm³/mol. The Morgan fingerprint density at radius 3 is 2.80 bits per heavy atom. The molecule has 1 heterocycles. The van der Waals surface area contributed by atoms with Gasteiger partial charge in [0.1, 0.15) is 12.4 Å². The molecule has 0 saturated carbocycles. The molecule has 0 aliphatic carbocycles. The Morgan fingerprint density at radius 2 is 2.08 bits per heavy atom. The minimum absolute atomic E-state index is 0.230. The Balaban J connectivity index is 1.88. The molecule has 0 fully saturated rings.